The molecule has 1 saturated heterocycles. The minimum atomic E-state index is -2.63. The molecule has 0 aliphatic carbocycles. The molecular weight excluding hydrogens is 398 g/mol. The summed E-state index contributed by atoms with van der Waals surface area (Å²) >= 11 is 6.30. The van der Waals surface area contributed by atoms with Gasteiger partial charge in [0, 0.05) is 36.4 Å². The molecule has 1 aliphatic rings. The van der Waals surface area contributed by atoms with E-state index in [-0.39, 0.29) is 31.3 Å². The second-order valence-corrected chi connectivity index (χ2v) is 8.88. The first-order valence-electron chi connectivity index (χ1n) is 9.62. The van der Waals surface area contributed by atoms with Gasteiger partial charge in [-0.15, -0.1) is 5.10 Å². The second kappa shape index (κ2) is 7.16. The summed E-state index contributed by atoms with van der Waals surface area (Å²) in [5.74, 6) is -1.43. The molecule has 0 radical (unpaired) electrons. The van der Waals surface area contributed by atoms with E-state index in [1.54, 1.807) is 4.68 Å². The third-order valence-corrected chi connectivity index (χ3v) is 5.46. The number of halogens is 3. The summed E-state index contributed by atoms with van der Waals surface area (Å²) in [7, 11) is 0. The Morgan fingerprint density at radius 1 is 1.10 bits per heavy atom. The highest BCUT2D eigenvalue weighted by atomic mass is 35.5. The molecule has 0 spiro atoms. The van der Waals surface area contributed by atoms with Crippen LogP contribution in [-0.2, 0) is 12.0 Å². The summed E-state index contributed by atoms with van der Waals surface area (Å²) < 4.78 is 29.0. The molecular formula is C20H23ClF2N6. The minimum Gasteiger partial charge on any atom is -0.354 e. The van der Waals surface area contributed by atoms with Gasteiger partial charge in [0.05, 0.1) is 6.54 Å². The Morgan fingerprint density at radius 2 is 1.79 bits per heavy atom. The summed E-state index contributed by atoms with van der Waals surface area (Å²) in [6, 6.07) is 7.53. The number of nitrogens with zero attached hydrogens (tertiary/aromatic N) is 6. The summed E-state index contributed by atoms with van der Waals surface area (Å²) in [6.45, 7) is 6.91. The van der Waals surface area contributed by atoms with Crippen LogP contribution in [0.5, 0.6) is 0 Å². The van der Waals surface area contributed by atoms with Crippen LogP contribution in [0.25, 0.3) is 11.2 Å². The van der Waals surface area contributed by atoms with Gasteiger partial charge in [0.2, 0.25) is 0 Å². The van der Waals surface area contributed by atoms with E-state index in [9.17, 15) is 8.78 Å². The van der Waals surface area contributed by atoms with Gasteiger partial charge in [0.25, 0.3) is 5.92 Å². The molecule has 4 rings (SSSR count). The van der Waals surface area contributed by atoms with Crippen molar-refractivity contribution in [3.63, 3.8) is 0 Å². The summed E-state index contributed by atoms with van der Waals surface area (Å²) in [6.07, 6.45) is -0.395. The number of hydrogen-bond donors (Lipinski definition) is 0. The number of anilines is 1. The van der Waals surface area contributed by atoms with Gasteiger partial charge < -0.3 is 4.90 Å². The van der Waals surface area contributed by atoms with Crippen LogP contribution in [0.2, 0.25) is 5.02 Å². The van der Waals surface area contributed by atoms with Gasteiger partial charge in [-0.05, 0) is 11.6 Å². The number of hydrogen-bond acceptors (Lipinski definition) is 5. The SMILES string of the molecule is CC(C)(C)c1nc(N2CCC(F)(F)CC2)c2nnn(Cc3ccccc3Cl)c2n1. The Labute approximate surface area is 172 Å². The first kappa shape index (κ1) is 19.9. The van der Waals surface area contributed by atoms with E-state index in [0.717, 1.165) is 5.56 Å². The number of piperidine rings is 1. The summed E-state index contributed by atoms with van der Waals surface area (Å²) in [4.78, 5) is 11.3. The Hall–Kier alpha value is -2.35. The third kappa shape index (κ3) is 4.03. The number of alkyl halides is 2. The zero-order valence-corrected chi connectivity index (χ0v) is 17.4. The normalized spacial score (nSPS) is 17.1. The molecule has 1 aliphatic heterocycles. The van der Waals surface area contributed by atoms with E-state index in [1.807, 2.05) is 49.9 Å². The smallest absolute Gasteiger partial charge is 0.251 e. The molecule has 0 N–H and O–H groups in total. The molecule has 6 nitrogen and oxygen atoms in total. The molecule has 29 heavy (non-hydrogen) atoms. The molecule has 0 atom stereocenters. The highest BCUT2D eigenvalue weighted by Crippen LogP contribution is 2.33. The van der Waals surface area contributed by atoms with Crippen LogP contribution in [0.4, 0.5) is 14.6 Å². The third-order valence-electron chi connectivity index (χ3n) is 5.09. The molecule has 154 valence electrons. The van der Waals surface area contributed by atoms with Crippen molar-refractivity contribution >= 4 is 28.6 Å². The first-order valence-corrected chi connectivity index (χ1v) is 10.00. The van der Waals surface area contributed by atoms with E-state index in [1.165, 1.54) is 0 Å². The lowest BCUT2D eigenvalue weighted by Crippen LogP contribution is -2.40. The maximum Gasteiger partial charge on any atom is 0.251 e. The van der Waals surface area contributed by atoms with E-state index >= 15 is 0 Å². The van der Waals surface area contributed by atoms with Crippen LogP contribution < -0.4 is 4.90 Å². The molecule has 0 amide bonds. The predicted molar refractivity (Wildman–Crippen MR) is 109 cm³/mol. The average molecular weight is 421 g/mol. The van der Waals surface area contributed by atoms with Crippen molar-refractivity contribution in [1.82, 2.24) is 25.0 Å². The zero-order valence-electron chi connectivity index (χ0n) is 16.7. The highest BCUT2D eigenvalue weighted by molar-refractivity contribution is 6.31. The van der Waals surface area contributed by atoms with Crippen molar-refractivity contribution in [3.8, 4) is 0 Å². The summed E-state index contributed by atoms with van der Waals surface area (Å²) in [5.41, 5.74) is 1.69. The van der Waals surface area contributed by atoms with Gasteiger partial charge >= 0.3 is 0 Å². The largest absolute Gasteiger partial charge is 0.354 e. The Balaban J connectivity index is 1.79. The summed E-state index contributed by atoms with van der Waals surface area (Å²) in [5, 5.41) is 9.20. The molecule has 3 heterocycles. The van der Waals surface area contributed by atoms with Crippen molar-refractivity contribution in [2.24, 2.45) is 0 Å². The van der Waals surface area contributed by atoms with Crippen molar-refractivity contribution in [3.05, 3.63) is 40.7 Å². The monoisotopic (exact) mass is 420 g/mol. The van der Waals surface area contributed by atoms with E-state index in [0.29, 0.717) is 34.4 Å². The fourth-order valence-electron chi connectivity index (χ4n) is 3.34. The molecule has 1 aromatic carbocycles. The Morgan fingerprint density at radius 3 is 2.45 bits per heavy atom. The number of rotatable bonds is 3. The maximum absolute atomic E-state index is 13.7. The van der Waals surface area contributed by atoms with Gasteiger partial charge in [-0.2, -0.15) is 0 Å². The molecule has 2 aromatic heterocycles. The Bertz CT molecular complexity index is 1030. The van der Waals surface area contributed by atoms with Crippen LogP contribution in [-0.4, -0.2) is 44.0 Å². The number of fused-ring (bicyclic) bond motifs is 1. The number of benzene rings is 1. The first-order chi connectivity index (χ1) is 13.6. The fraction of sp³-hybridized carbons (Fsp3) is 0.500. The lowest BCUT2D eigenvalue weighted by molar-refractivity contribution is -0.0221. The van der Waals surface area contributed by atoms with Gasteiger partial charge in [0.15, 0.2) is 17.0 Å². The van der Waals surface area contributed by atoms with Crippen LogP contribution in [0.1, 0.15) is 45.0 Å². The lowest BCUT2D eigenvalue weighted by Gasteiger charge is -2.33. The van der Waals surface area contributed by atoms with E-state index in [4.69, 9.17) is 21.6 Å². The highest BCUT2D eigenvalue weighted by Gasteiger charge is 2.36. The topological polar surface area (TPSA) is 59.7 Å². The molecule has 0 saturated carbocycles. The maximum atomic E-state index is 13.7. The lowest BCUT2D eigenvalue weighted by atomic mass is 9.95. The van der Waals surface area contributed by atoms with Crippen LogP contribution in [0.15, 0.2) is 24.3 Å². The molecule has 9 heteroatoms. The minimum absolute atomic E-state index is 0.197. The fourth-order valence-corrected chi connectivity index (χ4v) is 3.53. The zero-order chi connectivity index (χ0) is 20.8. The van der Waals surface area contributed by atoms with Crippen molar-refractivity contribution < 1.29 is 8.78 Å². The Kier molecular flexibility index (Phi) is 4.93. The van der Waals surface area contributed by atoms with Crippen molar-refractivity contribution in [1.29, 1.82) is 0 Å². The second-order valence-electron chi connectivity index (χ2n) is 8.47. The number of aromatic nitrogens is 5. The molecule has 1 fully saturated rings. The molecule has 0 bridgehead atoms. The van der Waals surface area contributed by atoms with Crippen molar-refractivity contribution in [2.75, 3.05) is 18.0 Å². The van der Waals surface area contributed by atoms with E-state index < -0.39 is 5.92 Å². The van der Waals surface area contributed by atoms with Crippen molar-refractivity contribution in [2.45, 2.75) is 51.5 Å². The van der Waals surface area contributed by atoms with Gasteiger partial charge in [-0.25, -0.2) is 23.4 Å². The quantitative estimate of drug-likeness (QED) is 0.626. The molecule has 0 unspecified atom stereocenters. The van der Waals surface area contributed by atoms with Gasteiger partial charge in [0.1, 0.15) is 5.82 Å². The van der Waals surface area contributed by atoms with Crippen LogP contribution in [0, 0.1) is 0 Å². The van der Waals surface area contributed by atoms with Crippen LogP contribution in [0.3, 0.4) is 0 Å². The van der Waals surface area contributed by atoms with Crippen LogP contribution >= 0.6 is 11.6 Å². The van der Waals surface area contributed by atoms with E-state index in [2.05, 4.69) is 10.3 Å². The van der Waals surface area contributed by atoms with Gasteiger partial charge in [-0.1, -0.05) is 55.8 Å². The van der Waals surface area contributed by atoms with Gasteiger partial charge in [-0.3, -0.25) is 0 Å². The molecule has 3 aromatic rings. The standard InChI is InChI=1S/C20H23ClF2N6/c1-19(2,3)18-24-16(28-10-8-20(22,23)9-11-28)15-17(25-18)29(27-26-15)12-13-6-4-5-7-14(13)21/h4-7H,8-12H2,1-3H3. The average Bonchev–Trinajstić information content (AvgIpc) is 3.05. The predicted octanol–water partition coefficient (Wildman–Crippen LogP) is 4.46.